The number of nitrogens with zero attached hydrogens (tertiary/aromatic N) is 4. The second-order valence-corrected chi connectivity index (χ2v) is 5.48. The number of aromatic nitrogens is 3. The first-order valence-corrected chi connectivity index (χ1v) is 6.97. The molecule has 0 N–H and O–H groups in total. The Labute approximate surface area is 110 Å². The van der Waals surface area contributed by atoms with E-state index in [1.54, 1.807) is 0 Å². The Kier molecular flexibility index (Phi) is 4.28. The van der Waals surface area contributed by atoms with Gasteiger partial charge in [0.1, 0.15) is 0 Å². The number of thioether (sulfide) groups is 1. The minimum atomic E-state index is 0.179. The summed E-state index contributed by atoms with van der Waals surface area (Å²) in [6, 6.07) is 0.270. The first kappa shape index (κ1) is 12.7. The average Bonchev–Trinajstić information content (AvgIpc) is 2.38. The first-order chi connectivity index (χ1) is 8.22. The van der Waals surface area contributed by atoms with Crippen molar-refractivity contribution in [3.8, 4) is 6.01 Å². The Balaban J connectivity index is 2.18. The van der Waals surface area contributed by atoms with Gasteiger partial charge in [-0.25, -0.2) is 0 Å². The average molecular weight is 275 g/mol. The topological polar surface area (TPSA) is 51.1 Å². The maximum absolute atomic E-state index is 5.84. The van der Waals surface area contributed by atoms with Crippen LogP contribution in [0.1, 0.15) is 13.3 Å². The fourth-order valence-electron chi connectivity index (χ4n) is 1.70. The molecule has 0 saturated carbocycles. The second-order valence-electron chi connectivity index (χ2n) is 3.74. The van der Waals surface area contributed by atoms with Crippen LogP contribution in [0.4, 0.5) is 5.95 Å². The minimum Gasteiger partial charge on any atom is -0.467 e. The molecule has 1 unspecified atom stereocenters. The van der Waals surface area contributed by atoms with Gasteiger partial charge in [0.15, 0.2) is 0 Å². The molecular formula is C10H15ClN4OS. The minimum absolute atomic E-state index is 0.179. The van der Waals surface area contributed by atoms with Crippen LogP contribution in [-0.4, -0.2) is 46.2 Å². The third kappa shape index (κ3) is 3.13. The maximum atomic E-state index is 5.84. The molecule has 2 rings (SSSR count). The van der Waals surface area contributed by atoms with E-state index in [1.165, 1.54) is 7.11 Å². The van der Waals surface area contributed by atoms with Crippen molar-refractivity contribution in [1.29, 1.82) is 0 Å². The Hall–Kier alpha value is -0.750. The number of ether oxygens (including phenoxy) is 1. The molecule has 0 bridgehead atoms. The molecular weight excluding hydrogens is 260 g/mol. The van der Waals surface area contributed by atoms with Crippen molar-refractivity contribution in [3.63, 3.8) is 0 Å². The van der Waals surface area contributed by atoms with Gasteiger partial charge in [-0.1, -0.05) is 6.92 Å². The summed E-state index contributed by atoms with van der Waals surface area (Å²) in [6.07, 6.45) is 1.15. The van der Waals surface area contributed by atoms with Crippen LogP contribution in [0.5, 0.6) is 6.01 Å². The van der Waals surface area contributed by atoms with Crippen LogP contribution in [0.15, 0.2) is 0 Å². The summed E-state index contributed by atoms with van der Waals surface area (Å²) < 4.78 is 5.00. The van der Waals surface area contributed by atoms with Crippen LogP contribution in [0.25, 0.3) is 0 Å². The number of anilines is 1. The summed E-state index contributed by atoms with van der Waals surface area (Å²) in [5.74, 6) is 1.70. The van der Waals surface area contributed by atoms with Gasteiger partial charge in [0, 0.05) is 24.1 Å². The van der Waals surface area contributed by atoms with Crippen LogP contribution in [0.2, 0.25) is 5.28 Å². The van der Waals surface area contributed by atoms with Gasteiger partial charge in [0.2, 0.25) is 11.2 Å². The first-order valence-electron chi connectivity index (χ1n) is 5.55. The van der Waals surface area contributed by atoms with Gasteiger partial charge >= 0.3 is 6.01 Å². The summed E-state index contributed by atoms with van der Waals surface area (Å²) in [7, 11) is 1.52. The van der Waals surface area contributed by atoms with E-state index in [2.05, 4.69) is 26.8 Å². The van der Waals surface area contributed by atoms with Gasteiger partial charge in [-0.3, -0.25) is 0 Å². The summed E-state index contributed by atoms with van der Waals surface area (Å²) >= 11 is 7.84. The van der Waals surface area contributed by atoms with E-state index in [-0.39, 0.29) is 11.3 Å². The molecule has 1 aliphatic rings. The van der Waals surface area contributed by atoms with Gasteiger partial charge in [-0.15, -0.1) is 0 Å². The van der Waals surface area contributed by atoms with Gasteiger partial charge in [0.05, 0.1) is 7.11 Å². The van der Waals surface area contributed by atoms with E-state index in [4.69, 9.17) is 16.3 Å². The van der Waals surface area contributed by atoms with Crippen molar-refractivity contribution in [3.05, 3.63) is 5.28 Å². The Morgan fingerprint density at radius 2 is 2.29 bits per heavy atom. The highest BCUT2D eigenvalue weighted by atomic mass is 35.5. The fourth-order valence-corrected chi connectivity index (χ4v) is 3.03. The Morgan fingerprint density at radius 3 is 3.00 bits per heavy atom. The van der Waals surface area contributed by atoms with Crippen LogP contribution in [-0.2, 0) is 0 Å². The largest absolute Gasteiger partial charge is 0.467 e. The predicted molar refractivity (Wildman–Crippen MR) is 70.1 cm³/mol. The van der Waals surface area contributed by atoms with E-state index < -0.39 is 0 Å². The molecule has 0 amide bonds. The molecule has 1 atom stereocenters. The van der Waals surface area contributed by atoms with E-state index in [0.29, 0.717) is 11.2 Å². The highest BCUT2D eigenvalue weighted by Gasteiger charge is 2.22. The molecule has 1 saturated heterocycles. The molecule has 0 spiro atoms. The highest BCUT2D eigenvalue weighted by molar-refractivity contribution is 8.00. The molecule has 1 aromatic rings. The summed E-state index contributed by atoms with van der Waals surface area (Å²) in [4.78, 5) is 14.4. The second kappa shape index (κ2) is 5.73. The third-order valence-electron chi connectivity index (χ3n) is 2.64. The van der Waals surface area contributed by atoms with E-state index >= 15 is 0 Å². The number of halogens is 1. The lowest BCUT2D eigenvalue weighted by atomic mass is 10.3. The Morgan fingerprint density at radius 1 is 1.47 bits per heavy atom. The predicted octanol–water partition coefficient (Wildman–Crippen LogP) is 1.87. The van der Waals surface area contributed by atoms with Crippen molar-refractivity contribution >= 4 is 29.3 Å². The fraction of sp³-hybridized carbons (Fsp3) is 0.700. The Bertz CT molecular complexity index is 393. The van der Waals surface area contributed by atoms with Crippen molar-refractivity contribution in [2.75, 3.05) is 30.9 Å². The third-order valence-corrected chi connectivity index (χ3v) is 4.18. The van der Waals surface area contributed by atoms with Crippen molar-refractivity contribution in [1.82, 2.24) is 15.0 Å². The maximum Gasteiger partial charge on any atom is 0.322 e. The molecule has 5 nitrogen and oxygen atoms in total. The van der Waals surface area contributed by atoms with Gasteiger partial charge in [-0.2, -0.15) is 26.7 Å². The zero-order chi connectivity index (χ0) is 12.3. The van der Waals surface area contributed by atoms with Crippen LogP contribution in [0, 0.1) is 0 Å². The zero-order valence-electron chi connectivity index (χ0n) is 9.89. The molecule has 0 radical (unpaired) electrons. The normalized spacial score (nSPS) is 20.4. The van der Waals surface area contributed by atoms with Crippen LogP contribution < -0.4 is 9.64 Å². The van der Waals surface area contributed by atoms with Crippen molar-refractivity contribution in [2.24, 2.45) is 0 Å². The lowest BCUT2D eigenvalue weighted by Crippen LogP contribution is -2.38. The molecule has 1 fully saturated rings. The highest BCUT2D eigenvalue weighted by Crippen LogP contribution is 2.24. The van der Waals surface area contributed by atoms with Gasteiger partial charge in [-0.05, 0) is 18.0 Å². The molecule has 0 aliphatic carbocycles. The van der Waals surface area contributed by atoms with Crippen molar-refractivity contribution in [2.45, 2.75) is 18.6 Å². The number of methoxy groups -OCH3 is 1. The van der Waals surface area contributed by atoms with Crippen molar-refractivity contribution < 1.29 is 4.74 Å². The smallest absolute Gasteiger partial charge is 0.322 e. The standard InChI is InChI=1S/C10H15ClN4OS/c1-3-7-6-15(4-5-17-7)9-12-8(11)13-10(14-9)16-2/h7H,3-6H2,1-2H3. The molecule has 0 aromatic carbocycles. The molecule has 1 aromatic heterocycles. The lowest BCUT2D eigenvalue weighted by Gasteiger charge is -2.31. The van der Waals surface area contributed by atoms with Crippen LogP contribution >= 0.6 is 23.4 Å². The van der Waals surface area contributed by atoms with Gasteiger partial charge < -0.3 is 9.64 Å². The van der Waals surface area contributed by atoms with Crippen LogP contribution in [0.3, 0.4) is 0 Å². The monoisotopic (exact) mass is 274 g/mol. The number of hydrogen-bond acceptors (Lipinski definition) is 6. The van der Waals surface area contributed by atoms with E-state index in [1.807, 2.05) is 11.8 Å². The SMILES string of the molecule is CCC1CN(c2nc(Cl)nc(OC)n2)CCS1. The summed E-state index contributed by atoms with van der Waals surface area (Å²) in [6.45, 7) is 4.08. The number of hydrogen-bond donors (Lipinski definition) is 0. The molecule has 17 heavy (non-hydrogen) atoms. The lowest BCUT2D eigenvalue weighted by molar-refractivity contribution is 0.378. The molecule has 1 aliphatic heterocycles. The molecule has 2 heterocycles. The van der Waals surface area contributed by atoms with E-state index in [0.717, 1.165) is 25.3 Å². The quantitative estimate of drug-likeness (QED) is 0.839. The summed E-state index contributed by atoms with van der Waals surface area (Å²) in [5, 5.41) is 0.809. The molecule has 7 heteroatoms. The van der Waals surface area contributed by atoms with E-state index in [9.17, 15) is 0 Å². The zero-order valence-corrected chi connectivity index (χ0v) is 11.5. The number of rotatable bonds is 3. The molecule has 94 valence electrons. The summed E-state index contributed by atoms with van der Waals surface area (Å²) in [5.41, 5.74) is 0. The van der Waals surface area contributed by atoms with Gasteiger partial charge in [0.25, 0.3) is 0 Å².